The molecule has 1 N–H and O–H groups in total. The highest BCUT2D eigenvalue weighted by molar-refractivity contribution is 5.70. The van der Waals surface area contributed by atoms with Crippen molar-refractivity contribution in [2.75, 3.05) is 0 Å². The maximum Gasteiger partial charge on any atom is 0.162 e. The summed E-state index contributed by atoms with van der Waals surface area (Å²) < 4.78 is 0. The van der Waals surface area contributed by atoms with Crippen LogP contribution in [0.25, 0.3) is 11.1 Å². The molecule has 1 unspecified atom stereocenters. The van der Waals surface area contributed by atoms with Crippen LogP contribution in [-0.2, 0) is 6.42 Å². The Balaban J connectivity index is 1.71. The van der Waals surface area contributed by atoms with E-state index in [2.05, 4.69) is 52.4 Å². The summed E-state index contributed by atoms with van der Waals surface area (Å²) in [6.07, 6.45) is 6.70. The van der Waals surface area contributed by atoms with Crippen molar-refractivity contribution >= 4 is 0 Å². The van der Waals surface area contributed by atoms with Crippen molar-refractivity contribution in [2.24, 2.45) is 0 Å². The Labute approximate surface area is 176 Å². The summed E-state index contributed by atoms with van der Waals surface area (Å²) >= 11 is 0. The molecule has 0 bridgehead atoms. The molecule has 0 spiro atoms. The highest BCUT2D eigenvalue weighted by Crippen LogP contribution is 2.32. The lowest BCUT2D eigenvalue weighted by atomic mass is 9.89. The molecule has 0 saturated heterocycles. The first-order valence-corrected chi connectivity index (χ1v) is 10.2. The summed E-state index contributed by atoms with van der Waals surface area (Å²) in [4.78, 5) is 8.93. The van der Waals surface area contributed by atoms with E-state index in [0.717, 1.165) is 53.2 Å². The molecule has 0 aliphatic rings. The fourth-order valence-electron chi connectivity index (χ4n) is 3.63. The van der Waals surface area contributed by atoms with Gasteiger partial charge >= 0.3 is 0 Å². The van der Waals surface area contributed by atoms with Crippen LogP contribution in [0.3, 0.4) is 0 Å². The van der Waals surface area contributed by atoms with Crippen LogP contribution in [0.5, 0.6) is 0 Å². The van der Waals surface area contributed by atoms with Gasteiger partial charge in [0.05, 0.1) is 17.6 Å². The Hall–Kier alpha value is -3.78. The molecule has 4 aromatic rings. The summed E-state index contributed by atoms with van der Waals surface area (Å²) in [5, 5.41) is 17.0. The molecule has 5 nitrogen and oxygen atoms in total. The second-order valence-electron chi connectivity index (χ2n) is 7.24. The average Bonchev–Trinajstić information content (AvgIpc) is 3.27. The number of pyridine rings is 1. The number of aryl methyl sites for hydroxylation is 1. The fourth-order valence-corrected chi connectivity index (χ4v) is 3.63. The van der Waals surface area contributed by atoms with Gasteiger partial charge in [0.1, 0.15) is 5.82 Å². The lowest BCUT2D eigenvalue weighted by Crippen LogP contribution is -2.06. The van der Waals surface area contributed by atoms with Crippen LogP contribution < -0.4 is 0 Å². The van der Waals surface area contributed by atoms with E-state index < -0.39 is 0 Å². The molecular formula is C25H23N5. The summed E-state index contributed by atoms with van der Waals surface area (Å²) in [6.45, 7) is 2.17. The lowest BCUT2D eigenvalue weighted by molar-refractivity contribution is 0.755. The van der Waals surface area contributed by atoms with Gasteiger partial charge in [0.25, 0.3) is 0 Å². The fraction of sp³-hybridized carbons (Fsp3) is 0.200. The second kappa shape index (κ2) is 9.15. The van der Waals surface area contributed by atoms with Gasteiger partial charge in [0.15, 0.2) is 5.82 Å². The minimum atomic E-state index is -0.0834. The molecule has 0 fully saturated rings. The topological polar surface area (TPSA) is 78.2 Å². The Morgan fingerprint density at radius 3 is 2.43 bits per heavy atom. The number of hydrogen-bond donors (Lipinski definition) is 1. The van der Waals surface area contributed by atoms with Gasteiger partial charge in [-0.25, -0.2) is 4.98 Å². The van der Waals surface area contributed by atoms with Gasteiger partial charge in [-0.1, -0.05) is 55.8 Å². The maximum absolute atomic E-state index is 9.41. The van der Waals surface area contributed by atoms with E-state index in [1.54, 1.807) is 12.4 Å². The predicted molar refractivity (Wildman–Crippen MR) is 117 cm³/mol. The predicted octanol–water partition coefficient (Wildman–Crippen LogP) is 5.26. The molecule has 0 aliphatic carbocycles. The number of aromatic nitrogens is 4. The van der Waals surface area contributed by atoms with E-state index in [1.165, 1.54) is 0 Å². The molecule has 148 valence electrons. The molecule has 1 atom stereocenters. The number of benzene rings is 2. The molecule has 2 heterocycles. The van der Waals surface area contributed by atoms with E-state index in [1.807, 2.05) is 36.4 Å². The van der Waals surface area contributed by atoms with Crippen molar-refractivity contribution in [3.63, 3.8) is 0 Å². The summed E-state index contributed by atoms with van der Waals surface area (Å²) in [5.41, 5.74) is 4.82. The Kier molecular flexibility index (Phi) is 5.95. The monoisotopic (exact) mass is 393 g/mol. The number of hydrogen-bond acceptors (Lipinski definition) is 4. The highest BCUT2D eigenvalue weighted by atomic mass is 15.2. The van der Waals surface area contributed by atoms with Crippen molar-refractivity contribution in [2.45, 2.75) is 32.1 Å². The van der Waals surface area contributed by atoms with E-state index in [0.29, 0.717) is 5.56 Å². The first kappa shape index (κ1) is 19.5. The molecule has 2 aromatic heterocycles. The SMILES string of the molecule is CCCCc1nc(C(c2ccncc2)c2ccc(-c3ccccc3C#N)cc2)n[nH]1. The van der Waals surface area contributed by atoms with Crippen molar-refractivity contribution in [3.8, 4) is 17.2 Å². The van der Waals surface area contributed by atoms with E-state index in [4.69, 9.17) is 4.98 Å². The van der Waals surface area contributed by atoms with Crippen molar-refractivity contribution in [1.82, 2.24) is 20.2 Å². The minimum absolute atomic E-state index is 0.0834. The third-order valence-electron chi connectivity index (χ3n) is 5.22. The Bertz CT molecular complexity index is 1140. The van der Waals surface area contributed by atoms with Gasteiger partial charge < -0.3 is 0 Å². The van der Waals surface area contributed by atoms with Crippen LogP contribution >= 0.6 is 0 Å². The normalized spacial score (nSPS) is 11.7. The Morgan fingerprint density at radius 1 is 0.967 bits per heavy atom. The molecule has 2 aromatic carbocycles. The molecule has 0 radical (unpaired) electrons. The number of nitrogens with one attached hydrogen (secondary N) is 1. The summed E-state index contributed by atoms with van der Waals surface area (Å²) in [7, 11) is 0. The first-order valence-electron chi connectivity index (χ1n) is 10.2. The van der Waals surface area contributed by atoms with Gasteiger partial charge in [0.2, 0.25) is 0 Å². The van der Waals surface area contributed by atoms with Crippen LogP contribution in [-0.4, -0.2) is 20.2 Å². The van der Waals surface area contributed by atoms with Crippen molar-refractivity contribution in [3.05, 3.63) is 101 Å². The van der Waals surface area contributed by atoms with Crippen LogP contribution in [0, 0.1) is 11.3 Å². The highest BCUT2D eigenvalue weighted by Gasteiger charge is 2.21. The molecule has 0 aliphatic heterocycles. The van der Waals surface area contributed by atoms with Gasteiger partial charge in [-0.15, -0.1) is 0 Å². The maximum atomic E-state index is 9.41. The zero-order valence-corrected chi connectivity index (χ0v) is 16.9. The van der Waals surface area contributed by atoms with Crippen LogP contribution in [0.2, 0.25) is 0 Å². The molecule has 4 rings (SSSR count). The largest absolute Gasteiger partial charge is 0.265 e. The third-order valence-corrected chi connectivity index (χ3v) is 5.22. The quantitative estimate of drug-likeness (QED) is 0.464. The number of H-pyrrole nitrogens is 1. The first-order chi connectivity index (χ1) is 14.8. The van der Waals surface area contributed by atoms with Gasteiger partial charge in [-0.05, 0) is 46.9 Å². The number of nitrogens with zero attached hydrogens (tertiary/aromatic N) is 4. The molecular weight excluding hydrogens is 370 g/mol. The molecule has 5 heteroatoms. The van der Waals surface area contributed by atoms with Crippen molar-refractivity contribution in [1.29, 1.82) is 5.26 Å². The zero-order valence-electron chi connectivity index (χ0n) is 16.9. The van der Waals surface area contributed by atoms with Crippen molar-refractivity contribution < 1.29 is 0 Å². The number of nitriles is 1. The number of rotatable bonds is 7. The van der Waals surface area contributed by atoms with E-state index >= 15 is 0 Å². The van der Waals surface area contributed by atoms with Gasteiger partial charge in [0, 0.05) is 18.8 Å². The number of aromatic amines is 1. The summed E-state index contributed by atoms with van der Waals surface area (Å²) in [5.74, 6) is 1.60. The standard InChI is InChI=1S/C25H23N5/c1-2-3-8-23-28-25(30-29-23)24(20-13-15-27-16-14-20)19-11-9-18(10-12-19)22-7-5-4-6-21(22)17-26/h4-7,9-16,24H,2-3,8H2,1H3,(H,28,29,30). The van der Waals surface area contributed by atoms with Gasteiger partial charge in [-0.3, -0.25) is 10.1 Å². The van der Waals surface area contributed by atoms with Crippen LogP contribution in [0.1, 0.15) is 54.0 Å². The summed E-state index contributed by atoms with van der Waals surface area (Å²) in [6, 6.07) is 22.2. The zero-order chi connectivity index (χ0) is 20.8. The van der Waals surface area contributed by atoms with Crippen LogP contribution in [0.15, 0.2) is 73.1 Å². The Morgan fingerprint density at radius 2 is 1.70 bits per heavy atom. The van der Waals surface area contributed by atoms with Crippen LogP contribution in [0.4, 0.5) is 0 Å². The molecule has 30 heavy (non-hydrogen) atoms. The molecule has 0 saturated carbocycles. The average molecular weight is 393 g/mol. The third kappa shape index (κ3) is 4.13. The number of unbranched alkanes of at least 4 members (excludes halogenated alkanes) is 1. The molecule has 0 amide bonds. The smallest absolute Gasteiger partial charge is 0.162 e. The van der Waals surface area contributed by atoms with Gasteiger partial charge in [-0.2, -0.15) is 10.4 Å². The minimum Gasteiger partial charge on any atom is -0.265 e. The van der Waals surface area contributed by atoms with E-state index in [-0.39, 0.29) is 5.92 Å². The second-order valence-corrected chi connectivity index (χ2v) is 7.24. The lowest BCUT2D eigenvalue weighted by Gasteiger charge is -2.15. The van der Waals surface area contributed by atoms with E-state index in [9.17, 15) is 5.26 Å².